The van der Waals surface area contributed by atoms with Crippen LogP contribution in [0.2, 0.25) is 0 Å². The van der Waals surface area contributed by atoms with Crippen molar-refractivity contribution in [2.75, 3.05) is 6.61 Å². The molecule has 0 N–H and O–H groups in total. The van der Waals surface area contributed by atoms with E-state index < -0.39 is 0 Å². The number of benzene rings is 1. The molecule has 0 spiro atoms. The number of ether oxygens (including phenoxy) is 1. The number of hydrogen-bond donors (Lipinski definition) is 0. The van der Waals surface area contributed by atoms with Crippen LogP contribution in [0, 0.1) is 0 Å². The number of Topliss-reactive ketones (excluding diaryl/α,β-unsaturated/α-hetero) is 1. The second-order valence-electron chi connectivity index (χ2n) is 6.08. The molecule has 0 atom stereocenters. The molecule has 1 rings (SSSR count). The van der Waals surface area contributed by atoms with Crippen molar-refractivity contribution < 1.29 is 9.53 Å². The molecule has 0 aliphatic rings. The summed E-state index contributed by atoms with van der Waals surface area (Å²) in [6, 6.07) is 7.51. The lowest BCUT2D eigenvalue weighted by molar-refractivity contribution is 0.101. The summed E-state index contributed by atoms with van der Waals surface area (Å²) in [7, 11) is 0. The maximum atomic E-state index is 11.5. The first-order chi connectivity index (χ1) is 10.8. The van der Waals surface area contributed by atoms with Gasteiger partial charge in [0.1, 0.15) is 5.75 Å². The quantitative estimate of drug-likeness (QED) is 0.321. The van der Waals surface area contributed by atoms with Crippen LogP contribution >= 0.6 is 0 Å². The number of ketones is 1. The SMILES string of the molecule is CCCCCCCCCCCCOc1ccccc1C(C)=O. The molecule has 2 heteroatoms. The van der Waals surface area contributed by atoms with Crippen LogP contribution in [0.5, 0.6) is 5.75 Å². The Hall–Kier alpha value is -1.31. The first kappa shape index (κ1) is 18.7. The van der Waals surface area contributed by atoms with Crippen LogP contribution in [0.3, 0.4) is 0 Å². The number of hydrogen-bond acceptors (Lipinski definition) is 2. The van der Waals surface area contributed by atoms with Gasteiger partial charge in [0.25, 0.3) is 0 Å². The first-order valence-electron chi connectivity index (χ1n) is 8.98. The van der Waals surface area contributed by atoms with Gasteiger partial charge in [-0.2, -0.15) is 0 Å². The molecule has 0 aromatic heterocycles. The predicted octanol–water partition coefficient (Wildman–Crippen LogP) is 6.19. The highest BCUT2D eigenvalue weighted by Gasteiger charge is 2.06. The minimum absolute atomic E-state index is 0.0682. The van der Waals surface area contributed by atoms with Crippen LogP contribution in [-0.2, 0) is 0 Å². The Morgan fingerprint density at radius 1 is 0.864 bits per heavy atom. The highest BCUT2D eigenvalue weighted by atomic mass is 16.5. The molecule has 124 valence electrons. The van der Waals surface area contributed by atoms with Crippen molar-refractivity contribution in [2.24, 2.45) is 0 Å². The van der Waals surface area contributed by atoms with Crippen molar-refractivity contribution in [1.29, 1.82) is 0 Å². The van der Waals surface area contributed by atoms with Gasteiger partial charge >= 0.3 is 0 Å². The first-order valence-corrected chi connectivity index (χ1v) is 8.98. The summed E-state index contributed by atoms with van der Waals surface area (Å²) >= 11 is 0. The Morgan fingerprint density at radius 3 is 2.00 bits per heavy atom. The van der Waals surface area contributed by atoms with Crippen LogP contribution in [0.4, 0.5) is 0 Å². The Kier molecular flexibility index (Phi) is 10.4. The minimum Gasteiger partial charge on any atom is -0.493 e. The molecule has 2 nitrogen and oxygen atoms in total. The van der Waals surface area contributed by atoms with Crippen molar-refractivity contribution in [1.82, 2.24) is 0 Å². The summed E-state index contributed by atoms with van der Waals surface area (Å²) in [6.45, 7) is 4.56. The highest BCUT2D eigenvalue weighted by molar-refractivity contribution is 5.96. The molecule has 0 fully saturated rings. The van der Waals surface area contributed by atoms with Gasteiger partial charge in [0.2, 0.25) is 0 Å². The molecule has 0 bridgehead atoms. The third kappa shape index (κ3) is 8.21. The van der Waals surface area contributed by atoms with Crippen molar-refractivity contribution in [3.8, 4) is 5.75 Å². The molecule has 1 aromatic rings. The molecule has 22 heavy (non-hydrogen) atoms. The van der Waals surface area contributed by atoms with Crippen LogP contribution in [-0.4, -0.2) is 12.4 Å². The third-order valence-corrected chi connectivity index (χ3v) is 4.02. The van der Waals surface area contributed by atoms with Gasteiger partial charge in [-0.15, -0.1) is 0 Å². The van der Waals surface area contributed by atoms with Gasteiger partial charge in [0.15, 0.2) is 5.78 Å². The zero-order chi connectivity index (χ0) is 16.0. The van der Waals surface area contributed by atoms with E-state index in [1.165, 1.54) is 57.8 Å². The maximum absolute atomic E-state index is 11.5. The van der Waals surface area contributed by atoms with Crippen molar-refractivity contribution in [2.45, 2.75) is 78.1 Å². The van der Waals surface area contributed by atoms with E-state index in [-0.39, 0.29) is 5.78 Å². The lowest BCUT2D eigenvalue weighted by Crippen LogP contribution is -2.02. The zero-order valence-electron chi connectivity index (χ0n) is 14.4. The Morgan fingerprint density at radius 2 is 1.41 bits per heavy atom. The molecule has 0 saturated carbocycles. The molecule has 0 unspecified atom stereocenters. The standard InChI is InChI=1S/C20H32O2/c1-3-4-5-6-7-8-9-10-11-14-17-22-20-16-13-12-15-19(20)18(2)21/h12-13,15-16H,3-11,14,17H2,1-2H3. The zero-order valence-corrected chi connectivity index (χ0v) is 14.4. The molecule has 0 heterocycles. The summed E-state index contributed by atoms with van der Waals surface area (Å²) in [5, 5.41) is 0. The van der Waals surface area contributed by atoms with E-state index in [1.54, 1.807) is 6.92 Å². The largest absolute Gasteiger partial charge is 0.493 e. The molecular formula is C20H32O2. The van der Waals surface area contributed by atoms with Gasteiger partial charge in [-0.05, 0) is 25.5 Å². The number of rotatable bonds is 13. The van der Waals surface area contributed by atoms with Gasteiger partial charge in [0, 0.05) is 0 Å². The lowest BCUT2D eigenvalue weighted by atomic mass is 10.1. The van der Waals surface area contributed by atoms with E-state index in [0.717, 1.165) is 12.2 Å². The van der Waals surface area contributed by atoms with Crippen molar-refractivity contribution >= 4 is 5.78 Å². The highest BCUT2D eigenvalue weighted by Crippen LogP contribution is 2.19. The molecule has 0 amide bonds. The van der Waals surface area contributed by atoms with Crippen LogP contribution in [0.25, 0.3) is 0 Å². The molecule has 0 aliphatic heterocycles. The van der Waals surface area contributed by atoms with E-state index >= 15 is 0 Å². The van der Waals surface area contributed by atoms with E-state index in [4.69, 9.17) is 4.74 Å². The van der Waals surface area contributed by atoms with Crippen LogP contribution in [0.1, 0.15) is 88.4 Å². The van der Waals surface area contributed by atoms with Gasteiger partial charge < -0.3 is 4.74 Å². The molecule has 0 saturated heterocycles. The maximum Gasteiger partial charge on any atom is 0.163 e. The average Bonchev–Trinajstić information content (AvgIpc) is 2.53. The summed E-state index contributed by atoms with van der Waals surface area (Å²) < 4.78 is 5.75. The fraction of sp³-hybridized carbons (Fsp3) is 0.650. The Labute approximate surface area is 136 Å². The van der Waals surface area contributed by atoms with Crippen LogP contribution < -0.4 is 4.74 Å². The monoisotopic (exact) mass is 304 g/mol. The molecular weight excluding hydrogens is 272 g/mol. The van der Waals surface area contributed by atoms with E-state index in [9.17, 15) is 4.79 Å². The van der Waals surface area contributed by atoms with E-state index in [2.05, 4.69) is 6.92 Å². The third-order valence-electron chi connectivity index (χ3n) is 4.02. The second-order valence-corrected chi connectivity index (χ2v) is 6.08. The molecule has 1 aromatic carbocycles. The summed E-state index contributed by atoms with van der Waals surface area (Å²) in [6.07, 6.45) is 13.2. The van der Waals surface area contributed by atoms with Gasteiger partial charge in [-0.1, -0.05) is 76.8 Å². The molecule has 0 radical (unpaired) electrons. The number of unbranched alkanes of at least 4 members (excludes halogenated alkanes) is 9. The van der Waals surface area contributed by atoms with E-state index in [0.29, 0.717) is 12.2 Å². The smallest absolute Gasteiger partial charge is 0.163 e. The fourth-order valence-corrected chi connectivity index (χ4v) is 2.65. The Bertz CT molecular complexity index is 412. The summed E-state index contributed by atoms with van der Waals surface area (Å²) in [5.41, 5.74) is 0.689. The predicted molar refractivity (Wildman–Crippen MR) is 93.8 cm³/mol. The Balaban J connectivity index is 2.01. The number of para-hydroxylation sites is 1. The summed E-state index contributed by atoms with van der Waals surface area (Å²) in [5.74, 6) is 0.796. The topological polar surface area (TPSA) is 26.3 Å². The fourth-order valence-electron chi connectivity index (χ4n) is 2.65. The lowest BCUT2D eigenvalue weighted by Gasteiger charge is -2.09. The van der Waals surface area contributed by atoms with E-state index in [1.807, 2.05) is 24.3 Å². The van der Waals surface area contributed by atoms with Gasteiger partial charge in [-0.3, -0.25) is 4.79 Å². The summed E-state index contributed by atoms with van der Waals surface area (Å²) in [4.78, 5) is 11.5. The van der Waals surface area contributed by atoms with Gasteiger partial charge in [-0.25, -0.2) is 0 Å². The van der Waals surface area contributed by atoms with Crippen molar-refractivity contribution in [3.63, 3.8) is 0 Å². The normalized spacial score (nSPS) is 10.6. The van der Waals surface area contributed by atoms with Gasteiger partial charge in [0.05, 0.1) is 12.2 Å². The average molecular weight is 304 g/mol. The number of carbonyl (C=O) groups excluding carboxylic acids is 1. The number of carbonyl (C=O) groups is 1. The second kappa shape index (κ2) is 12.3. The van der Waals surface area contributed by atoms with Crippen LogP contribution in [0.15, 0.2) is 24.3 Å². The molecule has 0 aliphatic carbocycles. The van der Waals surface area contributed by atoms with Crippen molar-refractivity contribution in [3.05, 3.63) is 29.8 Å². The minimum atomic E-state index is 0.0682.